The summed E-state index contributed by atoms with van der Waals surface area (Å²) in [5.41, 5.74) is -5.79. The second-order valence-electron chi connectivity index (χ2n) is 27.0. The smallest absolute Gasteiger partial charge is 1.00 e. The van der Waals surface area contributed by atoms with Crippen molar-refractivity contribution < 1.29 is 62.8 Å². The number of carbonyl (C=O) groups excluding carboxylic acids is 4. The van der Waals surface area contributed by atoms with E-state index in [0.29, 0.717) is 69.4 Å². The molecule has 8 unspecified atom stereocenters. The Bertz CT molecular complexity index is 2300. The molecule has 466 valence electrons. The van der Waals surface area contributed by atoms with E-state index in [0.717, 1.165) is 12.8 Å². The van der Waals surface area contributed by atoms with Gasteiger partial charge >= 0.3 is 67.7 Å². The molecule has 18 nitrogen and oxygen atoms in total. The van der Waals surface area contributed by atoms with Crippen LogP contribution in [-0.2, 0) is 42.9 Å². The zero-order valence-electron chi connectivity index (χ0n) is 56.4. The van der Waals surface area contributed by atoms with Crippen LogP contribution in [-0.4, -0.2) is 171 Å². The first kappa shape index (κ1) is 80.9. The number of rotatable bonds is 37. The summed E-state index contributed by atoms with van der Waals surface area (Å²) < 4.78 is 29.3. The van der Waals surface area contributed by atoms with Crippen LogP contribution in [0.3, 0.4) is 0 Å². The number of nitriles is 3. The van der Waals surface area contributed by atoms with Crippen molar-refractivity contribution in [2.24, 2.45) is 45.8 Å². The Morgan fingerprint density at radius 1 is 0.602 bits per heavy atom. The molecule has 0 aromatic rings. The van der Waals surface area contributed by atoms with Gasteiger partial charge in [0.25, 0.3) is 11.5 Å². The first-order valence-corrected chi connectivity index (χ1v) is 30.2. The summed E-state index contributed by atoms with van der Waals surface area (Å²) in [4.78, 5) is 67.4. The van der Waals surface area contributed by atoms with Crippen LogP contribution in [0.2, 0.25) is 0 Å². The van der Waals surface area contributed by atoms with E-state index in [4.69, 9.17) is 36.8 Å². The van der Waals surface area contributed by atoms with Crippen LogP contribution in [0.25, 0.3) is 9.69 Å². The van der Waals surface area contributed by atoms with Gasteiger partial charge in [-0.3, -0.25) is 18.9 Å². The number of quaternary nitrogens is 3. The minimum Gasteiger partial charge on any atom is -1.00 e. The summed E-state index contributed by atoms with van der Waals surface area (Å²) in [6.45, 7) is 60.3. The van der Waals surface area contributed by atoms with Crippen LogP contribution in [0.4, 0.5) is 0 Å². The van der Waals surface area contributed by atoms with Gasteiger partial charge in [-0.25, -0.2) is 21.0 Å². The average molecular weight is 1190 g/mol. The van der Waals surface area contributed by atoms with Gasteiger partial charge in [0.05, 0.1) is 96.4 Å². The van der Waals surface area contributed by atoms with Gasteiger partial charge in [0.15, 0.2) is 18.2 Å². The van der Waals surface area contributed by atoms with Crippen molar-refractivity contribution in [1.29, 1.82) is 15.8 Å². The first-order valence-electron chi connectivity index (χ1n) is 30.2. The largest absolute Gasteiger partial charge is 2.00 e. The van der Waals surface area contributed by atoms with Crippen LogP contribution in [0.5, 0.6) is 0 Å². The Hall–Kier alpha value is -4.19. The molecule has 0 saturated heterocycles. The molecule has 0 saturated carbocycles. The minimum atomic E-state index is -2.69. The van der Waals surface area contributed by atoms with Gasteiger partial charge < -0.3 is 39.2 Å². The average Bonchev–Trinajstić information content (AvgIpc) is 3.39. The number of hydrogen-bond donors (Lipinski definition) is 0. The summed E-state index contributed by atoms with van der Waals surface area (Å²) in [5, 5.41) is 47.2. The van der Waals surface area contributed by atoms with E-state index < -0.39 is 83.9 Å². The van der Waals surface area contributed by atoms with E-state index in [1.54, 1.807) is 20.8 Å². The predicted octanol–water partition coefficient (Wildman–Crippen LogP) is 11.2. The Kier molecular flexibility index (Phi) is 35.1. The van der Waals surface area contributed by atoms with Crippen LogP contribution in [0.15, 0.2) is 11.6 Å². The molecule has 0 amide bonds. The van der Waals surface area contributed by atoms with E-state index in [9.17, 15) is 30.5 Å². The maximum absolute atomic E-state index is 15.8. The van der Waals surface area contributed by atoms with Gasteiger partial charge in [0, 0.05) is 23.9 Å². The fourth-order valence-corrected chi connectivity index (χ4v) is 12.6. The zero-order valence-corrected chi connectivity index (χ0v) is 57.6. The number of hydrogen-bond acceptors (Lipinski definition) is 13. The molecule has 0 aromatic carbocycles. The molecule has 0 aliphatic rings. The molecule has 0 fully saturated rings. The van der Waals surface area contributed by atoms with Crippen molar-refractivity contribution in [3.63, 3.8) is 0 Å². The molecule has 0 N–H and O–H groups in total. The fourth-order valence-electron chi connectivity index (χ4n) is 12.6. The third-order valence-electron chi connectivity index (χ3n) is 16.3. The van der Waals surface area contributed by atoms with Gasteiger partial charge in [-0.2, -0.15) is 22.4 Å². The van der Waals surface area contributed by atoms with E-state index in [1.165, 1.54) is 6.61 Å². The van der Waals surface area contributed by atoms with E-state index in [1.807, 2.05) is 54.5 Å². The Balaban J connectivity index is -0.0000328. The van der Waals surface area contributed by atoms with Crippen molar-refractivity contribution >= 4 is 61.6 Å². The molecule has 0 aromatic heterocycles. The van der Waals surface area contributed by atoms with Gasteiger partial charge in [-0.1, -0.05) is 104 Å². The van der Waals surface area contributed by atoms with Crippen LogP contribution in [0.1, 0.15) is 198 Å². The van der Waals surface area contributed by atoms with Gasteiger partial charge in [0.2, 0.25) is 0 Å². The van der Waals surface area contributed by atoms with E-state index >= 15 is 9.59 Å². The predicted molar refractivity (Wildman–Crippen MR) is 322 cm³/mol. The van der Waals surface area contributed by atoms with Gasteiger partial charge in [-0.15, -0.1) is 6.42 Å². The van der Waals surface area contributed by atoms with Gasteiger partial charge in [-0.05, 0) is 89.9 Å². The molecule has 83 heavy (non-hydrogen) atoms. The summed E-state index contributed by atoms with van der Waals surface area (Å²) in [6.07, 6.45) is 1.26. The summed E-state index contributed by atoms with van der Waals surface area (Å²) in [6, 6.07) is 6.19. The van der Waals surface area contributed by atoms with Gasteiger partial charge in [0.1, 0.15) is 18.5 Å². The number of likely N-dealkylation sites (N-methyl/N-ethyl adjacent to an activating group) is 2. The van der Waals surface area contributed by atoms with Crippen molar-refractivity contribution in [2.45, 2.75) is 220 Å². The fraction of sp³-hybridized carbons (Fsp3) is 0.812. The Morgan fingerprint density at radius 3 is 1.42 bits per heavy atom. The minimum absolute atomic E-state index is 0. The quantitative estimate of drug-likeness (QED) is 0.0141. The third-order valence-corrected chi connectivity index (χ3v) is 16.3. The number of nitrogens with zero attached hydrogens (tertiary/aromatic N) is 8. The maximum Gasteiger partial charge on any atom is 2.00 e. The van der Waals surface area contributed by atoms with Crippen molar-refractivity contribution in [2.75, 3.05) is 72.0 Å². The third kappa shape index (κ3) is 25.0. The maximum atomic E-state index is 15.8. The summed E-state index contributed by atoms with van der Waals surface area (Å²) >= 11 is 0. The number of carbonyl (C=O) groups is 4. The van der Waals surface area contributed by atoms with E-state index in [-0.39, 0.29) is 115 Å². The summed E-state index contributed by atoms with van der Waals surface area (Å²) in [7, 11) is 0. The molecule has 0 aliphatic heterocycles. The van der Waals surface area contributed by atoms with Crippen molar-refractivity contribution in [3.05, 3.63) is 41.1 Å². The molecule has 0 aliphatic carbocycles. The van der Waals surface area contributed by atoms with E-state index in [2.05, 4.69) is 98.0 Å². The number of ether oxygens (including phenoxy) is 5. The van der Waals surface area contributed by atoms with Crippen molar-refractivity contribution in [1.82, 2.24) is 0 Å². The topological polar surface area (TPSA) is 218 Å². The molecule has 8 atom stereocenters. The summed E-state index contributed by atoms with van der Waals surface area (Å²) in [5.74, 6) is -9.31. The molecule has 0 spiro atoms. The Labute approximate surface area is 534 Å². The molecular weight excluding hydrogens is 1080 g/mol. The standard InChI is InChI=1S/C64H109N8O10.Ca.H/c1-24-33-78-54(73)50(39-65)37-63(69-23,46-71(29-6,30-7)42-48(11)35-61(16,17)18)57(76)81-59(80-55(74)51(40-66)44-70(27-4,28-5)41-47(10)34-60(13,14)15)82-58(77)64(45-67,38-53(68-22)56(75)79-52(25-2)26-3)72(31-8,32-9)43-49(12)36-62(19,20)21;;/h33,47-52,59H,24-32,34-38,41-44,46H2,1-21H3;;/q+1;+2;-1. The van der Waals surface area contributed by atoms with Crippen LogP contribution < -0.4 is 5.11 Å². The molecule has 19 heteroatoms. The number of esters is 4. The second kappa shape index (κ2) is 36.1. The molecule has 0 heterocycles. The molecule has 0 bridgehead atoms. The first-order chi connectivity index (χ1) is 38.0. The molecular formula is C64H110CaN8O10+2. The molecule has 0 radical (unpaired) electrons. The molecule has 0 rings (SSSR count). The normalized spacial score (nSPS) is 16.3. The monoisotopic (exact) mass is 1190 g/mol. The zero-order chi connectivity index (χ0) is 63.7. The Morgan fingerprint density at radius 2 is 1.05 bits per heavy atom. The van der Waals surface area contributed by atoms with Crippen LogP contribution >= 0.6 is 0 Å². The second-order valence-corrected chi connectivity index (χ2v) is 27.0. The van der Waals surface area contributed by atoms with Crippen LogP contribution in [0, 0.1) is 99.6 Å². The van der Waals surface area contributed by atoms with Crippen molar-refractivity contribution in [3.8, 4) is 18.2 Å². The SMILES string of the molecule is [C-]#[N+]C(CC(C#N)(C(=O)OC(OC(=O)C(C#N)C[N+](CC)(CC)CC(C)CC(C)(C)C)OC(=O)C(CC(C#N)C(=O)O[CH-]CC)(C[N+](CC)(CC)CC(C)CC(C)(C)C)[N+]#[C-])[N+](CC)(CC)CC(C)CC(C)(C)C)=C([O-])OC(CC)CC.[Ca+2].[H-].